The molecule has 1 heterocycles. The summed E-state index contributed by atoms with van der Waals surface area (Å²) in [5, 5.41) is 14.0. The van der Waals surface area contributed by atoms with E-state index in [1.165, 1.54) is 6.20 Å². The van der Waals surface area contributed by atoms with Gasteiger partial charge in [0.25, 0.3) is 0 Å². The third kappa shape index (κ3) is 2.23. The van der Waals surface area contributed by atoms with E-state index in [0.717, 1.165) is 0 Å². The fourth-order valence-electron chi connectivity index (χ4n) is 1.01. The van der Waals surface area contributed by atoms with Crippen LogP contribution in [-0.2, 0) is 13.7 Å². The quantitative estimate of drug-likeness (QED) is 0.642. The highest BCUT2D eigenvalue weighted by Crippen LogP contribution is 2.07. The van der Waals surface area contributed by atoms with E-state index in [2.05, 4.69) is 15.6 Å². The Bertz CT molecular complexity index is 321. The number of hydrogen-bond donors (Lipinski definition) is 3. The van der Waals surface area contributed by atoms with Gasteiger partial charge in [-0.25, -0.2) is 9.78 Å². The Labute approximate surface area is 82.0 Å². The smallest absolute Gasteiger partial charge is 0.321 e. The van der Waals surface area contributed by atoms with Crippen LogP contribution in [0.2, 0.25) is 0 Å². The van der Waals surface area contributed by atoms with Crippen molar-refractivity contribution in [2.24, 2.45) is 7.05 Å². The van der Waals surface area contributed by atoms with Crippen LogP contribution < -0.4 is 10.6 Å². The van der Waals surface area contributed by atoms with E-state index in [0.29, 0.717) is 18.2 Å². The number of nitrogens with zero attached hydrogens (tertiary/aromatic N) is 2. The van der Waals surface area contributed by atoms with Crippen LogP contribution >= 0.6 is 0 Å². The summed E-state index contributed by atoms with van der Waals surface area (Å²) in [5.41, 5.74) is 0.650. The summed E-state index contributed by atoms with van der Waals surface area (Å²) >= 11 is 0. The molecule has 1 aromatic rings. The molecule has 0 aromatic carbocycles. The molecule has 0 radical (unpaired) electrons. The number of aromatic nitrogens is 2. The third-order valence-electron chi connectivity index (χ3n) is 1.81. The van der Waals surface area contributed by atoms with Gasteiger partial charge >= 0.3 is 6.03 Å². The second-order valence-electron chi connectivity index (χ2n) is 2.77. The first-order valence-electron chi connectivity index (χ1n) is 4.35. The van der Waals surface area contributed by atoms with Crippen molar-refractivity contribution in [3.63, 3.8) is 0 Å². The van der Waals surface area contributed by atoms with Gasteiger partial charge in [0.05, 0.1) is 18.5 Å². The first-order valence-corrected chi connectivity index (χ1v) is 4.35. The molecule has 0 atom stereocenters. The van der Waals surface area contributed by atoms with Gasteiger partial charge in [0, 0.05) is 13.6 Å². The number of amides is 2. The van der Waals surface area contributed by atoms with E-state index in [4.69, 9.17) is 5.11 Å². The zero-order chi connectivity index (χ0) is 10.6. The summed E-state index contributed by atoms with van der Waals surface area (Å²) < 4.78 is 1.62. The van der Waals surface area contributed by atoms with Crippen LogP contribution in [0.5, 0.6) is 0 Å². The molecule has 14 heavy (non-hydrogen) atoms. The largest absolute Gasteiger partial charge is 0.390 e. The maximum Gasteiger partial charge on any atom is 0.321 e. The Morgan fingerprint density at radius 2 is 2.43 bits per heavy atom. The number of aliphatic hydroxyl groups is 1. The zero-order valence-electron chi connectivity index (χ0n) is 8.24. The normalized spacial score (nSPS) is 9.93. The fourth-order valence-corrected chi connectivity index (χ4v) is 1.01. The first kappa shape index (κ1) is 10.5. The number of carbonyl (C=O) groups is 1. The lowest BCUT2D eigenvalue weighted by molar-refractivity contribution is 0.252. The maximum absolute atomic E-state index is 11.1. The summed E-state index contributed by atoms with van der Waals surface area (Å²) in [7, 11) is 1.72. The van der Waals surface area contributed by atoms with E-state index < -0.39 is 0 Å². The highest BCUT2D eigenvalue weighted by Gasteiger charge is 2.07. The van der Waals surface area contributed by atoms with Crippen molar-refractivity contribution < 1.29 is 9.90 Å². The summed E-state index contributed by atoms with van der Waals surface area (Å²) in [6, 6.07) is -0.300. The molecule has 1 rings (SSSR count). The minimum atomic E-state index is -0.300. The van der Waals surface area contributed by atoms with Crippen molar-refractivity contribution in [1.29, 1.82) is 0 Å². The van der Waals surface area contributed by atoms with Gasteiger partial charge < -0.3 is 15.0 Å². The number of rotatable bonds is 3. The summed E-state index contributed by atoms with van der Waals surface area (Å²) in [5.74, 6) is 0.417. The molecule has 1 aromatic heterocycles. The molecule has 78 valence electrons. The fraction of sp³-hybridized carbons (Fsp3) is 0.500. The second kappa shape index (κ2) is 4.61. The van der Waals surface area contributed by atoms with Crippen LogP contribution in [0.1, 0.15) is 12.6 Å². The molecule has 0 spiro atoms. The topological polar surface area (TPSA) is 79.2 Å². The highest BCUT2D eigenvalue weighted by atomic mass is 16.3. The molecule has 0 unspecified atom stereocenters. The molecule has 6 nitrogen and oxygen atoms in total. The lowest BCUT2D eigenvalue weighted by atomic mass is 10.5. The lowest BCUT2D eigenvalue weighted by Gasteiger charge is -2.06. The number of carbonyl (C=O) groups excluding carboxylic acids is 1. The van der Waals surface area contributed by atoms with Crippen LogP contribution in [0, 0.1) is 0 Å². The number of hydrogen-bond acceptors (Lipinski definition) is 3. The second-order valence-corrected chi connectivity index (χ2v) is 2.77. The Kier molecular flexibility index (Phi) is 3.47. The molecule has 0 saturated heterocycles. The van der Waals surface area contributed by atoms with E-state index in [-0.39, 0.29) is 12.6 Å². The molecule has 3 N–H and O–H groups in total. The summed E-state index contributed by atoms with van der Waals surface area (Å²) in [4.78, 5) is 15.1. The maximum atomic E-state index is 11.1. The summed E-state index contributed by atoms with van der Waals surface area (Å²) in [6.07, 6.45) is 1.52. The van der Waals surface area contributed by atoms with Crippen LogP contribution in [0.25, 0.3) is 0 Å². The monoisotopic (exact) mass is 198 g/mol. The van der Waals surface area contributed by atoms with Crippen LogP contribution in [-0.4, -0.2) is 27.2 Å². The van der Waals surface area contributed by atoms with Crippen molar-refractivity contribution >= 4 is 12.0 Å². The van der Waals surface area contributed by atoms with Gasteiger partial charge in [0.2, 0.25) is 5.95 Å². The van der Waals surface area contributed by atoms with Crippen molar-refractivity contribution in [1.82, 2.24) is 14.9 Å². The Hall–Kier alpha value is -1.56. The average molecular weight is 198 g/mol. The Morgan fingerprint density at radius 1 is 1.71 bits per heavy atom. The first-order chi connectivity index (χ1) is 6.69. The molecule has 0 saturated carbocycles. The molecule has 0 aliphatic rings. The van der Waals surface area contributed by atoms with E-state index in [1.807, 2.05) is 6.92 Å². The van der Waals surface area contributed by atoms with Gasteiger partial charge in [0.1, 0.15) is 0 Å². The molecule has 0 bridgehead atoms. The molecular weight excluding hydrogens is 184 g/mol. The van der Waals surface area contributed by atoms with Gasteiger partial charge in [-0.3, -0.25) is 5.32 Å². The Morgan fingerprint density at radius 3 is 2.93 bits per heavy atom. The van der Waals surface area contributed by atoms with Gasteiger partial charge in [0.15, 0.2) is 0 Å². The van der Waals surface area contributed by atoms with E-state index >= 15 is 0 Å². The minimum absolute atomic E-state index is 0.0966. The summed E-state index contributed by atoms with van der Waals surface area (Å²) in [6.45, 7) is 2.29. The molecule has 2 amide bonds. The average Bonchev–Trinajstić information content (AvgIpc) is 2.48. The third-order valence-corrected chi connectivity index (χ3v) is 1.81. The van der Waals surface area contributed by atoms with Gasteiger partial charge in [-0.15, -0.1) is 0 Å². The SMILES string of the molecule is CCNC(=O)Nc1ncc(CO)n1C. The van der Waals surface area contributed by atoms with Crippen LogP contribution in [0.15, 0.2) is 6.20 Å². The van der Waals surface area contributed by atoms with Crippen molar-refractivity contribution in [2.45, 2.75) is 13.5 Å². The molecular formula is C8H14N4O2. The predicted molar refractivity (Wildman–Crippen MR) is 51.8 cm³/mol. The number of imidazole rings is 1. The molecule has 0 aliphatic carbocycles. The number of anilines is 1. The number of nitrogens with one attached hydrogen (secondary N) is 2. The van der Waals surface area contributed by atoms with Gasteiger partial charge in [-0.2, -0.15) is 0 Å². The molecule has 0 fully saturated rings. The van der Waals surface area contributed by atoms with E-state index in [9.17, 15) is 4.79 Å². The minimum Gasteiger partial charge on any atom is -0.390 e. The highest BCUT2D eigenvalue weighted by molar-refractivity contribution is 5.87. The van der Waals surface area contributed by atoms with Gasteiger partial charge in [-0.05, 0) is 6.92 Å². The van der Waals surface area contributed by atoms with Crippen molar-refractivity contribution in [3.05, 3.63) is 11.9 Å². The van der Waals surface area contributed by atoms with E-state index in [1.54, 1.807) is 11.6 Å². The Balaban J connectivity index is 2.67. The van der Waals surface area contributed by atoms with Crippen LogP contribution in [0.3, 0.4) is 0 Å². The van der Waals surface area contributed by atoms with Crippen LogP contribution in [0.4, 0.5) is 10.7 Å². The lowest BCUT2D eigenvalue weighted by Crippen LogP contribution is -2.29. The van der Waals surface area contributed by atoms with Crippen molar-refractivity contribution in [3.8, 4) is 0 Å². The number of aliphatic hydroxyl groups excluding tert-OH is 1. The zero-order valence-corrected chi connectivity index (χ0v) is 8.24. The standard InChI is InChI=1S/C8H14N4O2/c1-3-9-8(14)11-7-10-4-6(5-13)12(7)2/h4,13H,3,5H2,1-2H3,(H2,9,10,11,14). The predicted octanol–water partition coefficient (Wildman–Crippen LogP) is 0.0538. The van der Waals surface area contributed by atoms with Gasteiger partial charge in [-0.1, -0.05) is 0 Å². The molecule has 0 aliphatic heterocycles. The van der Waals surface area contributed by atoms with Crippen molar-refractivity contribution in [2.75, 3.05) is 11.9 Å². The number of urea groups is 1. The molecule has 6 heteroatoms.